The molecule has 158 valence electrons. The molecular formula is C23H23N5O2S. The summed E-state index contributed by atoms with van der Waals surface area (Å²) in [5, 5.41) is 3.44. The summed E-state index contributed by atoms with van der Waals surface area (Å²) in [6.45, 7) is 5.55. The van der Waals surface area contributed by atoms with Crippen LogP contribution in [0.5, 0.6) is 5.75 Å². The van der Waals surface area contributed by atoms with E-state index < -0.39 is 12.0 Å². The first-order valence-electron chi connectivity index (χ1n) is 9.91. The fraction of sp³-hybridized carbons (Fsp3) is 0.217. The second-order valence-corrected chi connectivity index (χ2v) is 8.21. The minimum Gasteiger partial charge on any atom is -0.481 e. The predicted octanol–water partition coefficient (Wildman–Crippen LogP) is 4.49. The Labute approximate surface area is 184 Å². The van der Waals surface area contributed by atoms with Crippen LogP contribution in [0.25, 0.3) is 21.5 Å². The Morgan fingerprint density at radius 2 is 1.97 bits per heavy atom. The maximum absolute atomic E-state index is 11.3. The van der Waals surface area contributed by atoms with Crippen molar-refractivity contribution in [2.45, 2.75) is 32.9 Å². The lowest BCUT2D eigenvalue weighted by molar-refractivity contribution is -0.123. The maximum atomic E-state index is 11.3. The molecule has 0 fully saturated rings. The van der Waals surface area contributed by atoms with Crippen LogP contribution in [0, 0.1) is 6.92 Å². The Balaban J connectivity index is 1.56. The summed E-state index contributed by atoms with van der Waals surface area (Å²) in [4.78, 5) is 24.8. The van der Waals surface area contributed by atoms with E-state index in [-0.39, 0.29) is 6.04 Å². The van der Waals surface area contributed by atoms with Gasteiger partial charge in [-0.1, -0.05) is 18.2 Å². The Morgan fingerprint density at radius 1 is 1.13 bits per heavy atom. The van der Waals surface area contributed by atoms with Crippen molar-refractivity contribution in [2.24, 2.45) is 5.73 Å². The van der Waals surface area contributed by atoms with Crippen molar-refractivity contribution in [3.63, 3.8) is 0 Å². The van der Waals surface area contributed by atoms with E-state index in [1.54, 1.807) is 24.3 Å². The number of nitrogens with zero attached hydrogens (tertiary/aromatic N) is 3. The summed E-state index contributed by atoms with van der Waals surface area (Å²) >= 11 is 1.61. The van der Waals surface area contributed by atoms with Crippen LogP contribution in [0.1, 0.15) is 31.3 Å². The van der Waals surface area contributed by atoms with Gasteiger partial charge in [0.15, 0.2) is 6.10 Å². The lowest BCUT2D eigenvalue weighted by atomic mass is 10.1. The lowest BCUT2D eigenvalue weighted by Crippen LogP contribution is -2.30. The summed E-state index contributed by atoms with van der Waals surface area (Å²) in [6.07, 6.45) is -0.693. The van der Waals surface area contributed by atoms with Gasteiger partial charge in [0.25, 0.3) is 5.91 Å². The molecule has 31 heavy (non-hydrogen) atoms. The number of carbonyl (C=O) groups excluding carboxylic acids is 1. The van der Waals surface area contributed by atoms with Crippen LogP contribution in [0.15, 0.2) is 54.0 Å². The number of aryl methyl sites for hydroxylation is 1. The number of primary amides is 1. The molecule has 1 amide bonds. The molecule has 0 bridgehead atoms. The van der Waals surface area contributed by atoms with Gasteiger partial charge in [-0.15, -0.1) is 11.3 Å². The molecule has 4 aromatic rings. The van der Waals surface area contributed by atoms with Crippen LogP contribution in [-0.2, 0) is 4.79 Å². The Kier molecular flexibility index (Phi) is 5.81. The number of nitrogens with one attached hydrogen (secondary N) is 1. The second kappa shape index (κ2) is 8.69. The molecule has 0 saturated heterocycles. The molecule has 2 unspecified atom stereocenters. The van der Waals surface area contributed by atoms with Crippen LogP contribution < -0.4 is 15.8 Å². The maximum Gasteiger partial charge on any atom is 0.258 e. The number of thiazole rings is 1. The molecule has 0 radical (unpaired) electrons. The first-order valence-corrected chi connectivity index (χ1v) is 10.8. The number of aromatic nitrogens is 3. The molecule has 0 aliphatic heterocycles. The molecule has 0 spiro atoms. The normalized spacial score (nSPS) is 13.0. The van der Waals surface area contributed by atoms with E-state index in [9.17, 15) is 4.79 Å². The van der Waals surface area contributed by atoms with Gasteiger partial charge in [0.05, 0.1) is 27.5 Å². The molecule has 0 saturated carbocycles. The molecule has 7 nitrogen and oxygen atoms in total. The third kappa shape index (κ3) is 4.80. The van der Waals surface area contributed by atoms with E-state index in [1.807, 2.05) is 55.8 Å². The molecule has 2 heterocycles. The molecule has 2 atom stereocenters. The van der Waals surface area contributed by atoms with Crippen molar-refractivity contribution in [3.8, 4) is 17.0 Å². The summed E-state index contributed by atoms with van der Waals surface area (Å²) in [7, 11) is 0. The number of nitrogens with two attached hydrogens (primary N) is 1. The minimum atomic E-state index is -0.693. The van der Waals surface area contributed by atoms with Crippen LogP contribution in [0.4, 0.5) is 5.82 Å². The van der Waals surface area contributed by atoms with Gasteiger partial charge in [0, 0.05) is 11.6 Å². The monoisotopic (exact) mass is 433 g/mol. The van der Waals surface area contributed by atoms with Gasteiger partial charge in [-0.05, 0) is 50.6 Å². The zero-order valence-electron chi connectivity index (χ0n) is 17.5. The number of amides is 1. The highest BCUT2D eigenvalue weighted by Crippen LogP contribution is 2.28. The number of hydrogen-bond acceptors (Lipinski definition) is 7. The zero-order valence-corrected chi connectivity index (χ0v) is 18.3. The summed E-state index contributed by atoms with van der Waals surface area (Å²) in [5.41, 5.74) is 11.0. The van der Waals surface area contributed by atoms with E-state index in [1.165, 1.54) is 0 Å². The van der Waals surface area contributed by atoms with Crippen molar-refractivity contribution >= 4 is 33.3 Å². The van der Waals surface area contributed by atoms with Crippen molar-refractivity contribution in [2.75, 3.05) is 5.32 Å². The van der Waals surface area contributed by atoms with Crippen molar-refractivity contribution in [1.82, 2.24) is 15.0 Å². The predicted molar refractivity (Wildman–Crippen MR) is 123 cm³/mol. The van der Waals surface area contributed by atoms with Gasteiger partial charge in [-0.3, -0.25) is 4.79 Å². The van der Waals surface area contributed by atoms with Gasteiger partial charge >= 0.3 is 0 Å². The Bertz CT molecular complexity index is 1240. The Morgan fingerprint density at radius 3 is 2.77 bits per heavy atom. The number of hydrogen-bond donors (Lipinski definition) is 2. The third-order valence-corrected chi connectivity index (χ3v) is 5.69. The topological polar surface area (TPSA) is 103 Å². The number of rotatable bonds is 7. The number of carbonyl (C=O) groups is 1. The summed E-state index contributed by atoms with van der Waals surface area (Å²) < 4.78 is 6.73. The Hall–Kier alpha value is -3.52. The van der Waals surface area contributed by atoms with Crippen molar-refractivity contribution < 1.29 is 9.53 Å². The second-order valence-electron chi connectivity index (χ2n) is 7.32. The van der Waals surface area contributed by atoms with Crippen LogP contribution in [0.2, 0.25) is 0 Å². The molecule has 0 aliphatic carbocycles. The van der Waals surface area contributed by atoms with Gasteiger partial charge in [-0.25, -0.2) is 15.0 Å². The summed E-state index contributed by atoms with van der Waals surface area (Å²) in [5.74, 6) is 1.51. The largest absolute Gasteiger partial charge is 0.481 e. The van der Waals surface area contributed by atoms with Gasteiger partial charge in [0.2, 0.25) is 0 Å². The first kappa shape index (κ1) is 20.7. The van der Waals surface area contributed by atoms with Gasteiger partial charge in [-0.2, -0.15) is 0 Å². The number of fused-ring (bicyclic) bond motifs is 1. The minimum absolute atomic E-state index is 0.0430. The highest BCUT2D eigenvalue weighted by atomic mass is 32.1. The average Bonchev–Trinajstić information content (AvgIpc) is 3.21. The highest BCUT2D eigenvalue weighted by Gasteiger charge is 2.13. The summed E-state index contributed by atoms with van der Waals surface area (Å²) in [6, 6.07) is 15.6. The number of anilines is 1. The average molecular weight is 434 g/mol. The van der Waals surface area contributed by atoms with Crippen molar-refractivity contribution in [1.29, 1.82) is 0 Å². The molecular weight excluding hydrogens is 410 g/mol. The SMILES string of the molecule is Cc1nc(NC(C)c2cccc(OC(C)C(N)=O)c2)cc(-c2ccc3ncsc3c2)n1. The zero-order chi connectivity index (χ0) is 22.0. The van der Waals surface area contributed by atoms with Crippen LogP contribution in [0.3, 0.4) is 0 Å². The lowest BCUT2D eigenvalue weighted by Gasteiger charge is -2.18. The number of ether oxygens (including phenoxy) is 1. The number of benzene rings is 2. The van der Waals surface area contributed by atoms with E-state index in [0.717, 1.165) is 32.9 Å². The van der Waals surface area contributed by atoms with E-state index >= 15 is 0 Å². The van der Waals surface area contributed by atoms with Crippen LogP contribution in [-0.4, -0.2) is 27.0 Å². The molecule has 0 aliphatic rings. The molecule has 8 heteroatoms. The fourth-order valence-electron chi connectivity index (χ4n) is 3.23. The molecule has 3 N–H and O–H groups in total. The van der Waals surface area contributed by atoms with Gasteiger partial charge < -0.3 is 15.8 Å². The first-order chi connectivity index (χ1) is 14.9. The smallest absolute Gasteiger partial charge is 0.258 e. The molecule has 2 aromatic heterocycles. The fourth-order valence-corrected chi connectivity index (χ4v) is 3.94. The van der Waals surface area contributed by atoms with Crippen LogP contribution >= 0.6 is 11.3 Å². The van der Waals surface area contributed by atoms with Crippen molar-refractivity contribution in [3.05, 3.63) is 65.4 Å². The molecule has 2 aromatic carbocycles. The quantitative estimate of drug-likeness (QED) is 0.445. The molecule has 4 rings (SSSR count). The van der Waals surface area contributed by atoms with Gasteiger partial charge in [0.1, 0.15) is 17.4 Å². The third-order valence-electron chi connectivity index (χ3n) is 4.90. The van der Waals surface area contributed by atoms with E-state index in [0.29, 0.717) is 11.6 Å². The van der Waals surface area contributed by atoms with E-state index in [4.69, 9.17) is 10.5 Å². The standard InChI is InChI=1S/C23H23N5O2S/c1-13(16-5-4-6-18(9-16)30-14(2)23(24)29)26-22-11-20(27-15(3)28-22)17-7-8-19-21(10-17)31-12-25-19/h4-14H,1-3H3,(H2,24,29)(H,26,27,28). The van der Waals surface area contributed by atoms with E-state index in [2.05, 4.69) is 26.3 Å². The highest BCUT2D eigenvalue weighted by molar-refractivity contribution is 7.16.